The Kier molecular flexibility index (Phi) is 2.85. The lowest BCUT2D eigenvalue weighted by Crippen LogP contribution is -2.35. The molecule has 0 atom stereocenters. The van der Waals surface area contributed by atoms with Gasteiger partial charge in [0.05, 0.1) is 12.7 Å². The lowest BCUT2D eigenvalue weighted by atomic mass is 10.0. The van der Waals surface area contributed by atoms with E-state index in [1.54, 1.807) is 18.6 Å². The molecule has 3 heterocycles. The molecule has 0 fully saturated rings. The molecule has 5 nitrogen and oxygen atoms in total. The highest BCUT2D eigenvalue weighted by atomic mass is 19.1. The third-order valence-electron chi connectivity index (χ3n) is 3.48. The van der Waals surface area contributed by atoms with Crippen LogP contribution in [0, 0.1) is 11.6 Å². The molecule has 2 aliphatic rings. The quantitative estimate of drug-likeness (QED) is 0.874. The molecule has 1 aromatic heterocycles. The second kappa shape index (κ2) is 4.87. The minimum absolute atomic E-state index is 0.0491. The maximum absolute atomic E-state index is 13.8. The standard InChI is InChI=1S/C15H10F2N4O/c16-10-4-8-3-9-6-20-14(12-7-18-1-2-19-12)21-15(9)22-13(8)11(17)5-10/h1-2,4-5,7H,3,6H2,(H,20,21). The summed E-state index contributed by atoms with van der Waals surface area (Å²) in [4.78, 5) is 12.5. The van der Waals surface area contributed by atoms with Crippen molar-refractivity contribution in [2.75, 3.05) is 6.54 Å². The summed E-state index contributed by atoms with van der Waals surface area (Å²) in [5.41, 5.74) is 1.89. The van der Waals surface area contributed by atoms with Crippen LogP contribution in [0.2, 0.25) is 0 Å². The molecule has 0 unspecified atom stereocenters. The van der Waals surface area contributed by atoms with Crippen molar-refractivity contribution in [1.82, 2.24) is 15.3 Å². The van der Waals surface area contributed by atoms with E-state index in [0.29, 0.717) is 35.9 Å². The molecule has 0 aliphatic carbocycles. The summed E-state index contributed by atoms with van der Waals surface area (Å²) in [5.74, 6) is -0.345. The smallest absolute Gasteiger partial charge is 0.200 e. The Hall–Kier alpha value is -2.83. The molecule has 0 saturated heterocycles. The van der Waals surface area contributed by atoms with Gasteiger partial charge in [0.25, 0.3) is 0 Å². The fourth-order valence-electron chi connectivity index (χ4n) is 2.47. The number of benzene rings is 1. The molecule has 0 bridgehead atoms. The summed E-state index contributed by atoms with van der Waals surface area (Å²) in [5, 5.41) is 3.00. The third kappa shape index (κ3) is 2.11. The van der Waals surface area contributed by atoms with Gasteiger partial charge in [-0.15, -0.1) is 0 Å². The number of fused-ring (bicyclic) bond motifs is 1. The fourth-order valence-corrected chi connectivity index (χ4v) is 2.47. The Morgan fingerprint density at radius 1 is 1.18 bits per heavy atom. The molecule has 1 aromatic carbocycles. The predicted octanol–water partition coefficient (Wildman–Crippen LogP) is 1.95. The molecule has 4 rings (SSSR count). The van der Waals surface area contributed by atoms with Crippen molar-refractivity contribution < 1.29 is 13.5 Å². The Labute approximate surface area is 124 Å². The van der Waals surface area contributed by atoms with Crippen LogP contribution >= 0.6 is 0 Å². The van der Waals surface area contributed by atoms with E-state index in [1.807, 2.05) is 0 Å². The van der Waals surface area contributed by atoms with E-state index in [4.69, 9.17) is 4.74 Å². The summed E-state index contributed by atoms with van der Waals surface area (Å²) < 4.78 is 32.7. The zero-order chi connectivity index (χ0) is 15.1. The van der Waals surface area contributed by atoms with E-state index in [2.05, 4.69) is 20.3 Å². The predicted molar refractivity (Wildman–Crippen MR) is 74.3 cm³/mol. The molecular formula is C15H10F2N4O. The first-order valence-corrected chi connectivity index (χ1v) is 6.66. The molecule has 2 aromatic rings. The van der Waals surface area contributed by atoms with Crippen LogP contribution in [0.1, 0.15) is 11.3 Å². The highest BCUT2D eigenvalue weighted by Crippen LogP contribution is 2.33. The number of nitrogens with zero attached hydrogens (tertiary/aromatic N) is 3. The number of halogens is 2. The van der Waals surface area contributed by atoms with Gasteiger partial charge in [0.1, 0.15) is 11.5 Å². The van der Waals surface area contributed by atoms with Crippen LogP contribution in [0.4, 0.5) is 8.78 Å². The first-order valence-electron chi connectivity index (χ1n) is 6.66. The third-order valence-corrected chi connectivity index (χ3v) is 3.48. The Morgan fingerprint density at radius 2 is 2.09 bits per heavy atom. The highest BCUT2D eigenvalue weighted by molar-refractivity contribution is 5.98. The van der Waals surface area contributed by atoms with Crippen LogP contribution in [0.3, 0.4) is 0 Å². The van der Waals surface area contributed by atoms with Gasteiger partial charge in [0.2, 0.25) is 5.88 Å². The minimum atomic E-state index is -0.716. The largest absolute Gasteiger partial charge is 0.438 e. The molecule has 0 radical (unpaired) electrons. The van der Waals surface area contributed by atoms with E-state index in [0.717, 1.165) is 11.6 Å². The highest BCUT2D eigenvalue weighted by Gasteiger charge is 2.27. The summed E-state index contributed by atoms with van der Waals surface area (Å²) >= 11 is 0. The normalized spacial score (nSPS) is 16.2. The summed E-state index contributed by atoms with van der Waals surface area (Å²) in [7, 11) is 0. The minimum Gasteiger partial charge on any atom is -0.438 e. The lowest BCUT2D eigenvalue weighted by Gasteiger charge is -2.27. The summed E-state index contributed by atoms with van der Waals surface area (Å²) in [6.45, 7) is 0.381. The zero-order valence-corrected chi connectivity index (χ0v) is 11.3. The van der Waals surface area contributed by atoms with Gasteiger partial charge in [-0.05, 0) is 6.07 Å². The average Bonchev–Trinajstić information content (AvgIpc) is 2.53. The van der Waals surface area contributed by atoms with Gasteiger partial charge in [-0.2, -0.15) is 0 Å². The molecule has 7 heteroatoms. The van der Waals surface area contributed by atoms with Crippen LogP contribution in [0.15, 0.2) is 47.2 Å². The van der Waals surface area contributed by atoms with Gasteiger partial charge in [-0.3, -0.25) is 9.98 Å². The van der Waals surface area contributed by atoms with Crippen molar-refractivity contribution in [1.29, 1.82) is 0 Å². The molecule has 110 valence electrons. The number of amidine groups is 1. The second-order valence-electron chi connectivity index (χ2n) is 4.97. The van der Waals surface area contributed by atoms with E-state index in [-0.39, 0.29) is 5.75 Å². The van der Waals surface area contributed by atoms with E-state index >= 15 is 0 Å². The van der Waals surface area contributed by atoms with Crippen molar-refractivity contribution in [3.8, 4) is 5.75 Å². The molecule has 0 amide bonds. The van der Waals surface area contributed by atoms with Crippen molar-refractivity contribution in [3.63, 3.8) is 0 Å². The van der Waals surface area contributed by atoms with Crippen molar-refractivity contribution in [2.45, 2.75) is 6.42 Å². The van der Waals surface area contributed by atoms with Crippen molar-refractivity contribution in [2.24, 2.45) is 4.99 Å². The fraction of sp³-hybridized carbons (Fsp3) is 0.133. The van der Waals surface area contributed by atoms with Crippen LogP contribution in [0.5, 0.6) is 5.75 Å². The maximum Gasteiger partial charge on any atom is 0.200 e. The summed E-state index contributed by atoms with van der Waals surface area (Å²) in [6.07, 6.45) is 5.09. The lowest BCUT2D eigenvalue weighted by molar-refractivity contribution is 0.351. The van der Waals surface area contributed by atoms with Gasteiger partial charge < -0.3 is 10.1 Å². The van der Waals surface area contributed by atoms with E-state index in [1.165, 1.54) is 6.07 Å². The van der Waals surface area contributed by atoms with Gasteiger partial charge >= 0.3 is 0 Å². The van der Waals surface area contributed by atoms with E-state index in [9.17, 15) is 8.78 Å². The van der Waals surface area contributed by atoms with Gasteiger partial charge in [-0.25, -0.2) is 13.8 Å². The average molecular weight is 300 g/mol. The Morgan fingerprint density at radius 3 is 2.91 bits per heavy atom. The number of aromatic nitrogens is 2. The molecule has 0 spiro atoms. The van der Waals surface area contributed by atoms with Crippen LogP contribution < -0.4 is 10.1 Å². The number of hydrogen-bond donors (Lipinski definition) is 1. The number of nitrogens with one attached hydrogen (secondary N) is 1. The molecular weight excluding hydrogens is 290 g/mol. The molecule has 22 heavy (non-hydrogen) atoms. The second-order valence-corrected chi connectivity index (χ2v) is 4.97. The van der Waals surface area contributed by atoms with Crippen molar-refractivity contribution in [3.05, 3.63) is 65.1 Å². The molecule has 1 N–H and O–H groups in total. The SMILES string of the molecule is Fc1cc(F)c2c(c1)CC1=C(NC(c3cnccn3)=NC1)O2. The van der Waals surface area contributed by atoms with Gasteiger partial charge in [0, 0.05) is 36.0 Å². The number of aliphatic imine (C=N–C) groups is 1. The first-order chi connectivity index (χ1) is 10.7. The number of rotatable bonds is 1. The van der Waals surface area contributed by atoms with E-state index < -0.39 is 11.6 Å². The number of hydrogen-bond acceptors (Lipinski definition) is 5. The van der Waals surface area contributed by atoms with Crippen molar-refractivity contribution >= 4 is 5.84 Å². The molecule has 2 aliphatic heterocycles. The zero-order valence-electron chi connectivity index (χ0n) is 11.3. The maximum atomic E-state index is 13.8. The Balaban J connectivity index is 1.65. The van der Waals surface area contributed by atoms with Gasteiger partial charge in [-0.1, -0.05) is 0 Å². The van der Waals surface area contributed by atoms with Crippen LogP contribution in [-0.2, 0) is 6.42 Å². The summed E-state index contributed by atoms with van der Waals surface area (Å²) in [6, 6.07) is 2.09. The van der Waals surface area contributed by atoms with Crippen LogP contribution in [0.25, 0.3) is 0 Å². The van der Waals surface area contributed by atoms with Crippen LogP contribution in [-0.4, -0.2) is 22.3 Å². The monoisotopic (exact) mass is 300 g/mol. The van der Waals surface area contributed by atoms with Gasteiger partial charge in [0.15, 0.2) is 17.4 Å². The topological polar surface area (TPSA) is 59.4 Å². The first kappa shape index (κ1) is 12.9. The molecule has 0 saturated carbocycles. The Bertz CT molecular complexity index is 818. The number of ether oxygens (including phenoxy) is 1.